The highest BCUT2D eigenvalue weighted by atomic mass is 15.0. The highest BCUT2D eigenvalue weighted by Gasteiger charge is 1.96. The van der Waals surface area contributed by atoms with Gasteiger partial charge in [-0.3, -0.25) is 4.98 Å². The second kappa shape index (κ2) is 2.73. The van der Waals surface area contributed by atoms with Gasteiger partial charge in [-0.05, 0) is 25.6 Å². The average molecular weight is 132 g/mol. The lowest BCUT2D eigenvalue weighted by molar-refractivity contribution is 1.22. The van der Waals surface area contributed by atoms with Crippen molar-refractivity contribution in [2.45, 2.75) is 6.92 Å². The van der Waals surface area contributed by atoms with E-state index in [9.17, 15) is 0 Å². The molecule has 0 amide bonds. The fraction of sp³-hybridized carbons (Fsp3) is 0.286. The molecule has 0 saturated heterocycles. The Bertz CT molecular complexity index is 223. The van der Waals surface area contributed by atoms with Gasteiger partial charge in [0.1, 0.15) is 0 Å². The third-order valence-electron chi connectivity index (χ3n) is 1.39. The molecule has 0 aliphatic heterocycles. The van der Waals surface area contributed by atoms with Gasteiger partial charge in [-0.2, -0.15) is 0 Å². The van der Waals surface area contributed by atoms with Crippen molar-refractivity contribution in [3.8, 4) is 0 Å². The molecule has 10 heavy (non-hydrogen) atoms. The van der Waals surface area contributed by atoms with Gasteiger partial charge in [0.05, 0.1) is 0 Å². The lowest BCUT2D eigenvalue weighted by Gasteiger charge is -2.14. The highest BCUT2D eigenvalue weighted by molar-refractivity contribution is 6.17. The van der Waals surface area contributed by atoms with Gasteiger partial charge in [-0.15, -0.1) is 0 Å². The first-order valence-corrected chi connectivity index (χ1v) is 3.11. The van der Waals surface area contributed by atoms with Crippen LogP contribution in [0.15, 0.2) is 18.5 Å². The van der Waals surface area contributed by atoms with Crippen molar-refractivity contribution in [3.63, 3.8) is 0 Å². The van der Waals surface area contributed by atoms with Gasteiger partial charge in [0.15, 0.2) is 0 Å². The molecule has 0 spiro atoms. The molecule has 3 heteroatoms. The SMILES string of the molecule is [B]N(C)c1cnccc1C. The maximum Gasteiger partial charge on any atom is 0.226 e. The summed E-state index contributed by atoms with van der Waals surface area (Å²) >= 11 is 0. The zero-order valence-corrected chi connectivity index (χ0v) is 6.20. The predicted molar refractivity (Wildman–Crippen MR) is 43.1 cm³/mol. The maximum absolute atomic E-state index is 5.51. The maximum atomic E-state index is 5.51. The van der Waals surface area contributed by atoms with E-state index in [0.717, 1.165) is 11.3 Å². The molecule has 0 bridgehead atoms. The lowest BCUT2D eigenvalue weighted by atomic mass is 10.2. The van der Waals surface area contributed by atoms with Gasteiger partial charge in [0.2, 0.25) is 7.98 Å². The van der Waals surface area contributed by atoms with Crippen LogP contribution in [0.25, 0.3) is 0 Å². The number of aromatic nitrogens is 1. The van der Waals surface area contributed by atoms with Crippen LogP contribution in [0, 0.1) is 6.92 Å². The number of hydrogen-bond acceptors (Lipinski definition) is 2. The largest absolute Gasteiger partial charge is 0.426 e. The Morgan fingerprint density at radius 2 is 2.30 bits per heavy atom. The fourth-order valence-electron chi connectivity index (χ4n) is 0.825. The summed E-state index contributed by atoms with van der Waals surface area (Å²) < 4.78 is 0. The van der Waals surface area contributed by atoms with E-state index in [4.69, 9.17) is 7.98 Å². The summed E-state index contributed by atoms with van der Waals surface area (Å²) in [6.45, 7) is 2.00. The molecule has 1 rings (SSSR count). The summed E-state index contributed by atoms with van der Waals surface area (Å²) in [5, 5.41) is 0. The van der Waals surface area contributed by atoms with Gasteiger partial charge in [0, 0.05) is 18.1 Å². The van der Waals surface area contributed by atoms with E-state index in [0.29, 0.717) is 0 Å². The lowest BCUT2D eigenvalue weighted by Crippen LogP contribution is -2.12. The summed E-state index contributed by atoms with van der Waals surface area (Å²) in [6, 6.07) is 1.93. The van der Waals surface area contributed by atoms with Crippen molar-refractivity contribution < 1.29 is 0 Å². The molecule has 50 valence electrons. The first kappa shape index (κ1) is 7.13. The van der Waals surface area contributed by atoms with Crippen LogP contribution in [0.5, 0.6) is 0 Å². The number of aryl methyl sites for hydroxylation is 1. The van der Waals surface area contributed by atoms with Crippen molar-refractivity contribution in [3.05, 3.63) is 24.0 Å². The zero-order valence-electron chi connectivity index (χ0n) is 6.20. The van der Waals surface area contributed by atoms with Crippen LogP contribution >= 0.6 is 0 Å². The van der Waals surface area contributed by atoms with Crippen LogP contribution in [0.2, 0.25) is 0 Å². The smallest absolute Gasteiger partial charge is 0.226 e. The van der Waals surface area contributed by atoms with Crippen molar-refractivity contribution in [1.82, 2.24) is 4.98 Å². The molecular formula is C7H9BN2. The van der Waals surface area contributed by atoms with Gasteiger partial charge in [-0.1, -0.05) is 0 Å². The third kappa shape index (κ3) is 1.29. The van der Waals surface area contributed by atoms with Crippen LogP contribution in [-0.2, 0) is 0 Å². The average Bonchev–Trinajstić information content (AvgIpc) is 1.88. The zero-order chi connectivity index (χ0) is 7.56. The Kier molecular flexibility index (Phi) is 1.95. The van der Waals surface area contributed by atoms with E-state index >= 15 is 0 Å². The molecule has 0 unspecified atom stereocenters. The van der Waals surface area contributed by atoms with Crippen LogP contribution in [0.3, 0.4) is 0 Å². The predicted octanol–water partition coefficient (Wildman–Crippen LogP) is 0.910. The Labute approximate surface area is 62.3 Å². The summed E-state index contributed by atoms with van der Waals surface area (Å²) in [7, 11) is 7.30. The monoisotopic (exact) mass is 132 g/mol. The summed E-state index contributed by atoms with van der Waals surface area (Å²) in [4.78, 5) is 5.50. The minimum atomic E-state index is 0.961. The van der Waals surface area contributed by atoms with E-state index in [1.54, 1.807) is 24.3 Å². The van der Waals surface area contributed by atoms with Crippen LogP contribution < -0.4 is 4.81 Å². The van der Waals surface area contributed by atoms with Crippen molar-refractivity contribution >= 4 is 13.7 Å². The minimum absolute atomic E-state index is 0.961. The number of hydrogen-bond donors (Lipinski definition) is 0. The second-order valence-electron chi connectivity index (χ2n) is 2.27. The van der Waals surface area contributed by atoms with Gasteiger partial charge < -0.3 is 4.81 Å². The molecule has 2 nitrogen and oxygen atoms in total. The Hall–Kier alpha value is -0.985. The molecule has 0 aliphatic carbocycles. The quantitative estimate of drug-likeness (QED) is 0.528. The summed E-state index contributed by atoms with van der Waals surface area (Å²) in [5.41, 5.74) is 2.10. The number of pyridine rings is 1. The first-order valence-electron chi connectivity index (χ1n) is 3.11. The highest BCUT2D eigenvalue weighted by Crippen LogP contribution is 2.13. The van der Waals surface area contributed by atoms with E-state index in [-0.39, 0.29) is 0 Å². The molecule has 0 N–H and O–H groups in total. The van der Waals surface area contributed by atoms with Gasteiger partial charge >= 0.3 is 0 Å². The van der Waals surface area contributed by atoms with Crippen molar-refractivity contribution in [2.75, 3.05) is 11.9 Å². The van der Waals surface area contributed by atoms with E-state index in [1.807, 2.05) is 13.0 Å². The fourth-order valence-corrected chi connectivity index (χ4v) is 0.825. The number of nitrogens with zero attached hydrogens (tertiary/aromatic N) is 2. The first-order chi connectivity index (χ1) is 4.72. The second-order valence-corrected chi connectivity index (χ2v) is 2.27. The topological polar surface area (TPSA) is 16.1 Å². The summed E-state index contributed by atoms with van der Waals surface area (Å²) in [6.07, 6.45) is 3.50. The Balaban J connectivity index is 3.03. The van der Waals surface area contributed by atoms with E-state index < -0.39 is 0 Å². The molecule has 2 radical (unpaired) electrons. The van der Waals surface area contributed by atoms with Crippen LogP contribution in [0.4, 0.5) is 5.69 Å². The van der Waals surface area contributed by atoms with Gasteiger partial charge in [0.25, 0.3) is 0 Å². The molecule has 0 aliphatic rings. The van der Waals surface area contributed by atoms with E-state index in [1.165, 1.54) is 0 Å². The Morgan fingerprint density at radius 3 is 2.70 bits per heavy atom. The molecule has 0 saturated carbocycles. The van der Waals surface area contributed by atoms with Crippen molar-refractivity contribution in [1.29, 1.82) is 0 Å². The molecule has 0 atom stereocenters. The summed E-state index contributed by atoms with van der Waals surface area (Å²) in [5.74, 6) is 0. The molecule has 1 heterocycles. The number of rotatable bonds is 1. The molecule has 0 aromatic carbocycles. The molecule has 1 aromatic rings. The van der Waals surface area contributed by atoms with Crippen LogP contribution in [0.1, 0.15) is 5.56 Å². The van der Waals surface area contributed by atoms with Crippen molar-refractivity contribution in [2.24, 2.45) is 0 Å². The van der Waals surface area contributed by atoms with Crippen LogP contribution in [-0.4, -0.2) is 20.0 Å². The molecular weight excluding hydrogens is 123 g/mol. The van der Waals surface area contributed by atoms with Gasteiger partial charge in [-0.25, -0.2) is 0 Å². The normalized spacial score (nSPS) is 9.40. The standard InChI is InChI=1S/C7H9BN2/c1-6-3-4-9-5-7(6)10(2)8/h3-5H,1-2H3. The third-order valence-corrected chi connectivity index (χ3v) is 1.39. The Morgan fingerprint density at radius 1 is 1.60 bits per heavy atom. The number of anilines is 1. The molecule has 1 aromatic heterocycles. The van der Waals surface area contributed by atoms with E-state index in [2.05, 4.69) is 4.98 Å². The molecule has 0 fully saturated rings. The minimum Gasteiger partial charge on any atom is -0.426 e.